The zero-order valence-electron chi connectivity index (χ0n) is 12.4. The van der Waals surface area contributed by atoms with Crippen molar-refractivity contribution < 1.29 is 14.6 Å². The largest absolute Gasteiger partial charge is 0.497 e. The van der Waals surface area contributed by atoms with E-state index in [9.17, 15) is 4.79 Å². The summed E-state index contributed by atoms with van der Waals surface area (Å²) >= 11 is 0. The van der Waals surface area contributed by atoms with Crippen LogP contribution in [0.3, 0.4) is 0 Å². The minimum atomic E-state index is 0.0291. The van der Waals surface area contributed by atoms with Gasteiger partial charge in [0.15, 0.2) is 0 Å². The van der Waals surface area contributed by atoms with Crippen LogP contribution in [-0.4, -0.2) is 67.3 Å². The van der Waals surface area contributed by atoms with E-state index in [1.165, 1.54) is 0 Å². The van der Waals surface area contributed by atoms with Gasteiger partial charge in [0, 0.05) is 38.8 Å². The molecule has 1 heterocycles. The van der Waals surface area contributed by atoms with Crippen molar-refractivity contribution in [1.29, 1.82) is 0 Å². The van der Waals surface area contributed by atoms with Crippen LogP contribution in [0.15, 0.2) is 30.3 Å². The highest BCUT2D eigenvalue weighted by atomic mass is 16.5. The Morgan fingerprint density at radius 1 is 1.33 bits per heavy atom. The Kier molecular flexibility index (Phi) is 5.78. The van der Waals surface area contributed by atoms with Gasteiger partial charge in [0.05, 0.1) is 13.7 Å². The van der Waals surface area contributed by atoms with E-state index < -0.39 is 0 Å². The van der Waals surface area contributed by atoms with E-state index in [4.69, 9.17) is 9.84 Å². The summed E-state index contributed by atoms with van der Waals surface area (Å²) in [6.45, 7) is 3.91. The summed E-state index contributed by atoms with van der Waals surface area (Å²) in [7, 11) is 1.62. The first-order valence-electron chi connectivity index (χ1n) is 7.17. The molecule has 1 aromatic carbocycles. The predicted octanol–water partition coefficient (Wildman–Crippen LogP) is 0.845. The summed E-state index contributed by atoms with van der Waals surface area (Å²) in [5.74, 6) is 0.809. The van der Waals surface area contributed by atoms with Gasteiger partial charge in [-0.1, -0.05) is 12.1 Å². The zero-order chi connectivity index (χ0) is 15.1. The molecule has 0 spiro atoms. The standard InChI is InChI=1S/C16H22N2O3/c1-21-15-4-2-3-14(13-15)5-6-16(20)18-9-7-17(8-10-18)11-12-19/h2-6,13,19H,7-12H2,1H3/b6-5+. The molecule has 1 saturated heterocycles. The molecule has 1 aromatic rings. The first-order valence-corrected chi connectivity index (χ1v) is 7.17. The molecule has 1 fully saturated rings. The lowest BCUT2D eigenvalue weighted by atomic mass is 10.2. The van der Waals surface area contributed by atoms with Crippen LogP contribution in [0.1, 0.15) is 5.56 Å². The van der Waals surface area contributed by atoms with Crippen molar-refractivity contribution in [1.82, 2.24) is 9.80 Å². The number of carbonyl (C=O) groups is 1. The number of ether oxygens (including phenoxy) is 1. The fourth-order valence-electron chi connectivity index (χ4n) is 2.35. The maximum absolute atomic E-state index is 12.1. The monoisotopic (exact) mass is 290 g/mol. The van der Waals surface area contributed by atoms with E-state index >= 15 is 0 Å². The Labute approximate surface area is 125 Å². The molecule has 0 aromatic heterocycles. The van der Waals surface area contributed by atoms with Crippen molar-refractivity contribution in [2.45, 2.75) is 0 Å². The van der Waals surface area contributed by atoms with E-state index in [0.717, 1.165) is 24.4 Å². The number of amides is 1. The topological polar surface area (TPSA) is 53.0 Å². The highest BCUT2D eigenvalue weighted by Crippen LogP contribution is 2.14. The van der Waals surface area contributed by atoms with Gasteiger partial charge in [-0.05, 0) is 23.8 Å². The van der Waals surface area contributed by atoms with E-state index in [-0.39, 0.29) is 12.5 Å². The van der Waals surface area contributed by atoms with Crippen LogP contribution in [0.4, 0.5) is 0 Å². The molecule has 0 saturated carbocycles. The van der Waals surface area contributed by atoms with Crippen LogP contribution in [0.5, 0.6) is 5.75 Å². The lowest BCUT2D eigenvalue weighted by Crippen LogP contribution is -2.48. The number of aliphatic hydroxyl groups is 1. The van der Waals surface area contributed by atoms with Crippen LogP contribution in [0, 0.1) is 0 Å². The van der Waals surface area contributed by atoms with Crippen LogP contribution in [0.2, 0.25) is 0 Å². The van der Waals surface area contributed by atoms with Gasteiger partial charge in [0.1, 0.15) is 5.75 Å². The molecular weight excluding hydrogens is 268 g/mol. The molecule has 0 aliphatic carbocycles. The number of hydrogen-bond donors (Lipinski definition) is 1. The summed E-state index contributed by atoms with van der Waals surface area (Å²) in [5, 5.41) is 8.90. The van der Waals surface area contributed by atoms with Crippen LogP contribution >= 0.6 is 0 Å². The summed E-state index contributed by atoms with van der Waals surface area (Å²) in [5.41, 5.74) is 0.946. The number of piperazine rings is 1. The Bertz CT molecular complexity index is 494. The molecule has 0 bridgehead atoms. The van der Waals surface area contributed by atoms with Crippen LogP contribution in [0.25, 0.3) is 6.08 Å². The lowest BCUT2D eigenvalue weighted by Gasteiger charge is -2.33. The Balaban J connectivity index is 1.88. The predicted molar refractivity (Wildman–Crippen MR) is 82.1 cm³/mol. The Hall–Kier alpha value is -1.85. The normalized spacial score (nSPS) is 16.4. The number of hydrogen-bond acceptors (Lipinski definition) is 4. The number of nitrogens with zero attached hydrogens (tertiary/aromatic N) is 2. The third kappa shape index (κ3) is 4.58. The van der Waals surface area contributed by atoms with E-state index in [1.807, 2.05) is 35.2 Å². The van der Waals surface area contributed by atoms with Gasteiger partial charge in [0.25, 0.3) is 0 Å². The van der Waals surface area contributed by atoms with Crippen LogP contribution in [-0.2, 0) is 4.79 Å². The highest BCUT2D eigenvalue weighted by Gasteiger charge is 2.18. The number of benzene rings is 1. The smallest absolute Gasteiger partial charge is 0.246 e. The fraction of sp³-hybridized carbons (Fsp3) is 0.438. The second-order valence-corrected chi connectivity index (χ2v) is 5.00. The second kappa shape index (κ2) is 7.81. The maximum Gasteiger partial charge on any atom is 0.246 e. The summed E-state index contributed by atoms with van der Waals surface area (Å²) in [6.07, 6.45) is 3.42. The van der Waals surface area contributed by atoms with Gasteiger partial charge in [-0.3, -0.25) is 9.69 Å². The molecule has 114 valence electrons. The fourth-order valence-corrected chi connectivity index (χ4v) is 2.35. The Morgan fingerprint density at radius 3 is 2.76 bits per heavy atom. The van der Waals surface area contributed by atoms with Crippen molar-refractivity contribution >= 4 is 12.0 Å². The van der Waals surface area contributed by atoms with E-state index in [2.05, 4.69) is 4.90 Å². The number of β-amino-alcohol motifs (C(OH)–C–C–N with tert-alkyl or cyclic N) is 1. The summed E-state index contributed by atoms with van der Waals surface area (Å²) in [6, 6.07) is 7.60. The van der Waals surface area contributed by atoms with Crippen molar-refractivity contribution in [3.63, 3.8) is 0 Å². The van der Waals surface area contributed by atoms with Gasteiger partial charge in [-0.15, -0.1) is 0 Å². The average molecular weight is 290 g/mol. The van der Waals surface area contributed by atoms with Gasteiger partial charge >= 0.3 is 0 Å². The SMILES string of the molecule is COc1cccc(/C=C/C(=O)N2CCN(CCO)CC2)c1. The minimum absolute atomic E-state index is 0.0291. The van der Waals surface area contributed by atoms with Crippen molar-refractivity contribution in [3.05, 3.63) is 35.9 Å². The number of rotatable bonds is 5. The van der Waals surface area contributed by atoms with Gasteiger partial charge in [0.2, 0.25) is 5.91 Å². The molecule has 1 amide bonds. The average Bonchev–Trinajstić information content (AvgIpc) is 2.54. The molecule has 1 aliphatic rings. The van der Waals surface area contributed by atoms with Gasteiger partial charge in [-0.2, -0.15) is 0 Å². The molecule has 5 heteroatoms. The van der Waals surface area contributed by atoms with Gasteiger partial charge in [-0.25, -0.2) is 0 Å². The third-order valence-corrected chi connectivity index (χ3v) is 3.61. The zero-order valence-corrected chi connectivity index (χ0v) is 12.4. The molecular formula is C16H22N2O3. The first kappa shape index (κ1) is 15.5. The number of carbonyl (C=O) groups excluding carboxylic acids is 1. The summed E-state index contributed by atoms with van der Waals surface area (Å²) < 4.78 is 5.16. The van der Waals surface area contributed by atoms with Gasteiger partial charge < -0.3 is 14.7 Å². The van der Waals surface area contributed by atoms with E-state index in [0.29, 0.717) is 19.6 Å². The number of methoxy groups -OCH3 is 1. The lowest BCUT2D eigenvalue weighted by molar-refractivity contribution is -0.127. The molecule has 21 heavy (non-hydrogen) atoms. The van der Waals surface area contributed by atoms with Crippen molar-refractivity contribution in [2.75, 3.05) is 46.4 Å². The second-order valence-electron chi connectivity index (χ2n) is 5.00. The summed E-state index contributed by atoms with van der Waals surface area (Å²) in [4.78, 5) is 16.1. The minimum Gasteiger partial charge on any atom is -0.497 e. The molecule has 1 N–H and O–H groups in total. The van der Waals surface area contributed by atoms with Crippen molar-refractivity contribution in [3.8, 4) is 5.75 Å². The highest BCUT2D eigenvalue weighted by molar-refractivity contribution is 5.91. The first-order chi connectivity index (χ1) is 10.2. The maximum atomic E-state index is 12.1. The molecule has 5 nitrogen and oxygen atoms in total. The quantitative estimate of drug-likeness (QED) is 0.817. The molecule has 0 radical (unpaired) electrons. The number of aliphatic hydroxyl groups excluding tert-OH is 1. The Morgan fingerprint density at radius 2 is 2.10 bits per heavy atom. The molecule has 2 rings (SSSR count). The van der Waals surface area contributed by atoms with E-state index in [1.54, 1.807) is 13.2 Å². The van der Waals surface area contributed by atoms with Crippen molar-refractivity contribution in [2.24, 2.45) is 0 Å². The molecule has 0 unspecified atom stereocenters. The van der Waals surface area contributed by atoms with Crippen LogP contribution < -0.4 is 4.74 Å². The molecule has 0 atom stereocenters. The molecule has 1 aliphatic heterocycles. The third-order valence-electron chi connectivity index (χ3n) is 3.61.